The van der Waals surface area contributed by atoms with E-state index in [1.165, 1.54) is 14.2 Å². The van der Waals surface area contributed by atoms with Crippen LogP contribution in [0.5, 0.6) is 0 Å². The first kappa shape index (κ1) is 10.4. The zero-order chi connectivity index (χ0) is 9.84. The molecule has 0 aromatic heterocycles. The second-order valence-electron chi connectivity index (χ2n) is 3.06. The van der Waals surface area contributed by atoms with Crippen LogP contribution in [0, 0.1) is 0 Å². The topological polar surface area (TPSA) is 59.0 Å². The first-order valence-electron chi connectivity index (χ1n) is 4.18. The number of carbonyl (C=O) groups excluding carboxylic acids is 1. The molecule has 0 spiro atoms. The van der Waals surface area contributed by atoms with Crippen LogP contribution in [0.4, 0.5) is 0 Å². The Balaban J connectivity index is 2.40. The molecule has 0 aromatic carbocycles. The van der Waals surface area contributed by atoms with Crippen LogP contribution in [-0.2, 0) is 14.3 Å². The van der Waals surface area contributed by atoms with Crippen molar-refractivity contribution in [1.29, 1.82) is 0 Å². The van der Waals surface area contributed by atoms with E-state index in [2.05, 4.69) is 0 Å². The Labute approximate surface area is 77.2 Å². The number of nitrogens with zero attached hydrogens (tertiary/aromatic N) is 1. The highest BCUT2D eigenvalue weighted by molar-refractivity contribution is 5.79. The number of carbonyl (C=O) groups is 1. The molecule has 0 saturated carbocycles. The molecular weight excluding hydrogens is 174 g/mol. The van der Waals surface area contributed by atoms with Crippen molar-refractivity contribution in [3.8, 4) is 0 Å². The Morgan fingerprint density at radius 1 is 1.62 bits per heavy atom. The lowest BCUT2D eigenvalue weighted by molar-refractivity contribution is -0.141. The van der Waals surface area contributed by atoms with Gasteiger partial charge in [0.2, 0.25) is 5.91 Å². The molecule has 1 saturated heterocycles. The van der Waals surface area contributed by atoms with Crippen molar-refractivity contribution < 1.29 is 19.4 Å². The molecule has 0 radical (unpaired) electrons. The number of aliphatic hydroxyl groups excluding tert-OH is 1. The minimum Gasteiger partial charge on any atom is -0.391 e. The summed E-state index contributed by atoms with van der Waals surface area (Å²) >= 11 is 0. The summed E-state index contributed by atoms with van der Waals surface area (Å²) in [6.07, 6.45) is -0.740. The Hall–Kier alpha value is -0.650. The van der Waals surface area contributed by atoms with Gasteiger partial charge in [0.1, 0.15) is 0 Å². The van der Waals surface area contributed by atoms with E-state index in [1.807, 2.05) is 0 Å². The van der Waals surface area contributed by atoms with Crippen LogP contribution in [0.25, 0.3) is 0 Å². The van der Waals surface area contributed by atoms with Gasteiger partial charge in [0.05, 0.1) is 19.1 Å². The van der Waals surface area contributed by atoms with Crippen molar-refractivity contribution in [3.63, 3.8) is 0 Å². The average molecular weight is 189 g/mol. The first-order valence-corrected chi connectivity index (χ1v) is 4.18. The number of ether oxygens (including phenoxy) is 2. The summed E-state index contributed by atoms with van der Waals surface area (Å²) in [5, 5.41) is 9.18. The number of β-amino-alcohol motifs (C(OH)–C–C–N with tert-alkyl or cyclic N) is 1. The van der Waals surface area contributed by atoms with Crippen molar-refractivity contribution in [2.45, 2.75) is 18.8 Å². The lowest BCUT2D eigenvalue weighted by Crippen LogP contribution is -2.35. The highest BCUT2D eigenvalue weighted by Crippen LogP contribution is 2.11. The van der Waals surface area contributed by atoms with Crippen LogP contribution < -0.4 is 0 Å². The lowest BCUT2D eigenvalue weighted by atomic mass is 10.3. The quantitative estimate of drug-likeness (QED) is 0.588. The van der Waals surface area contributed by atoms with Crippen LogP contribution in [0.15, 0.2) is 0 Å². The van der Waals surface area contributed by atoms with Crippen LogP contribution in [-0.4, -0.2) is 55.6 Å². The number of methoxy groups -OCH3 is 2. The van der Waals surface area contributed by atoms with Crippen molar-refractivity contribution in [2.24, 2.45) is 0 Å². The third-order valence-corrected chi connectivity index (χ3v) is 2.09. The molecule has 1 amide bonds. The second kappa shape index (κ2) is 4.55. The Kier molecular flexibility index (Phi) is 3.65. The lowest BCUT2D eigenvalue weighted by Gasteiger charge is -2.21. The molecular formula is C8H15NO4. The van der Waals surface area contributed by atoms with Gasteiger partial charge in [-0.25, -0.2) is 0 Å². The molecule has 1 rings (SSSR count). The number of aliphatic hydroxyl groups is 1. The van der Waals surface area contributed by atoms with Gasteiger partial charge in [0.25, 0.3) is 0 Å². The number of likely N-dealkylation sites (tertiary alicyclic amines) is 1. The van der Waals surface area contributed by atoms with Gasteiger partial charge in [0.15, 0.2) is 6.29 Å². The molecule has 1 fully saturated rings. The first-order chi connectivity index (χ1) is 6.17. The predicted octanol–water partition coefficient (Wildman–Crippen LogP) is -0.801. The summed E-state index contributed by atoms with van der Waals surface area (Å²) in [6, 6.07) is 0. The minimum atomic E-state index is -0.540. The number of amides is 1. The van der Waals surface area contributed by atoms with E-state index in [-0.39, 0.29) is 12.3 Å². The van der Waals surface area contributed by atoms with Crippen LogP contribution >= 0.6 is 0 Å². The summed E-state index contributed by atoms with van der Waals surface area (Å²) in [6.45, 7) is 0.755. The SMILES string of the molecule is COC(CN1CC(O)CC1=O)OC. The third kappa shape index (κ3) is 2.65. The maximum Gasteiger partial charge on any atom is 0.225 e. The van der Waals surface area contributed by atoms with Crippen molar-refractivity contribution in [1.82, 2.24) is 4.90 Å². The van der Waals surface area contributed by atoms with E-state index in [0.29, 0.717) is 13.1 Å². The van der Waals surface area contributed by atoms with Gasteiger partial charge in [0, 0.05) is 20.8 Å². The molecule has 1 atom stereocenters. The monoisotopic (exact) mass is 189 g/mol. The van der Waals surface area contributed by atoms with E-state index in [1.54, 1.807) is 4.90 Å². The Morgan fingerprint density at radius 3 is 2.62 bits per heavy atom. The fourth-order valence-electron chi connectivity index (χ4n) is 1.35. The van der Waals surface area contributed by atoms with Gasteiger partial charge in [-0.1, -0.05) is 0 Å². The highest BCUT2D eigenvalue weighted by atomic mass is 16.7. The zero-order valence-electron chi connectivity index (χ0n) is 7.90. The fourth-order valence-corrected chi connectivity index (χ4v) is 1.35. The molecule has 1 aliphatic rings. The molecule has 5 nitrogen and oxygen atoms in total. The fraction of sp³-hybridized carbons (Fsp3) is 0.875. The molecule has 13 heavy (non-hydrogen) atoms. The van der Waals surface area contributed by atoms with Gasteiger partial charge < -0.3 is 19.5 Å². The second-order valence-corrected chi connectivity index (χ2v) is 3.06. The molecule has 1 aliphatic heterocycles. The normalized spacial score (nSPS) is 23.2. The van der Waals surface area contributed by atoms with Crippen molar-refractivity contribution in [3.05, 3.63) is 0 Å². The van der Waals surface area contributed by atoms with Crippen molar-refractivity contribution in [2.75, 3.05) is 27.3 Å². The standard InChI is InChI=1S/C8H15NO4/c1-12-8(13-2)5-9-4-6(10)3-7(9)11/h6,8,10H,3-5H2,1-2H3. The smallest absolute Gasteiger partial charge is 0.225 e. The van der Waals surface area contributed by atoms with E-state index in [4.69, 9.17) is 9.47 Å². The molecule has 0 aromatic rings. The summed E-state index contributed by atoms with van der Waals surface area (Å²) < 4.78 is 9.89. The van der Waals surface area contributed by atoms with Gasteiger partial charge in [-0.3, -0.25) is 4.79 Å². The maximum absolute atomic E-state index is 11.2. The largest absolute Gasteiger partial charge is 0.391 e. The van der Waals surface area contributed by atoms with Crippen LogP contribution in [0.1, 0.15) is 6.42 Å². The Morgan fingerprint density at radius 2 is 2.23 bits per heavy atom. The molecule has 5 heteroatoms. The average Bonchev–Trinajstić information content (AvgIpc) is 2.41. The molecule has 76 valence electrons. The molecule has 1 unspecified atom stereocenters. The third-order valence-electron chi connectivity index (χ3n) is 2.09. The maximum atomic E-state index is 11.2. The Bertz CT molecular complexity index is 181. The molecule has 0 aliphatic carbocycles. The van der Waals surface area contributed by atoms with Gasteiger partial charge in [-0.15, -0.1) is 0 Å². The minimum absolute atomic E-state index is 0.0494. The summed E-state index contributed by atoms with van der Waals surface area (Å²) in [7, 11) is 3.04. The van der Waals surface area contributed by atoms with Gasteiger partial charge >= 0.3 is 0 Å². The summed E-state index contributed by atoms with van der Waals surface area (Å²) in [5.74, 6) is -0.0494. The number of rotatable bonds is 4. The van der Waals surface area contributed by atoms with E-state index >= 15 is 0 Å². The van der Waals surface area contributed by atoms with Crippen LogP contribution in [0.2, 0.25) is 0 Å². The van der Waals surface area contributed by atoms with Gasteiger partial charge in [-0.2, -0.15) is 0 Å². The highest BCUT2D eigenvalue weighted by Gasteiger charge is 2.29. The number of hydrogen-bond donors (Lipinski definition) is 1. The predicted molar refractivity (Wildman–Crippen MR) is 45.0 cm³/mol. The van der Waals surface area contributed by atoms with E-state index in [0.717, 1.165) is 0 Å². The molecule has 1 heterocycles. The van der Waals surface area contributed by atoms with E-state index < -0.39 is 12.4 Å². The van der Waals surface area contributed by atoms with Gasteiger partial charge in [-0.05, 0) is 0 Å². The molecule has 1 N–H and O–H groups in total. The van der Waals surface area contributed by atoms with Crippen LogP contribution in [0.3, 0.4) is 0 Å². The summed E-state index contributed by atoms with van der Waals surface area (Å²) in [4.78, 5) is 12.8. The number of hydrogen-bond acceptors (Lipinski definition) is 4. The zero-order valence-corrected chi connectivity index (χ0v) is 7.90. The van der Waals surface area contributed by atoms with E-state index in [9.17, 15) is 9.90 Å². The summed E-state index contributed by atoms with van der Waals surface area (Å²) in [5.41, 5.74) is 0. The van der Waals surface area contributed by atoms with Crippen molar-refractivity contribution >= 4 is 5.91 Å². The molecule has 0 bridgehead atoms.